The van der Waals surface area contributed by atoms with E-state index in [4.69, 9.17) is 0 Å². The summed E-state index contributed by atoms with van der Waals surface area (Å²) >= 11 is 0. The van der Waals surface area contributed by atoms with Crippen molar-refractivity contribution in [3.63, 3.8) is 0 Å². The fourth-order valence-corrected chi connectivity index (χ4v) is 4.16. The number of halogens is 1. The first kappa shape index (κ1) is 20.8. The van der Waals surface area contributed by atoms with Crippen molar-refractivity contribution in [3.05, 3.63) is 106 Å². The van der Waals surface area contributed by atoms with E-state index >= 15 is 0 Å². The van der Waals surface area contributed by atoms with Crippen LogP contribution >= 0.6 is 0 Å². The first-order valence-electron chi connectivity index (χ1n) is 10.4. The van der Waals surface area contributed by atoms with Crippen LogP contribution in [0.5, 0.6) is 0 Å². The van der Waals surface area contributed by atoms with Gasteiger partial charge in [0.2, 0.25) is 5.91 Å². The van der Waals surface area contributed by atoms with Crippen molar-refractivity contribution in [2.45, 2.75) is 38.9 Å². The van der Waals surface area contributed by atoms with Crippen molar-refractivity contribution in [1.82, 2.24) is 10.2 Å². The highest BCUT2D eigenvalue weighted by Gasteiger charge is 2.46. The molecule has 0 spiro atoms. The third-order valence-electron chi connectivity index (χ3n) is 6.04. The van der Waals surface area contributed by atoms with E-state index in [-0.39, 0.29) is 24.2 Å². The molecular weight excluding hydrogens is 391 g/mol. The number of fused-ring (bicyclic) bond motifs is 1. The molecule has 4 rings (SSSR count). The summed E-state index contributed by atoms with van der Waals surface area (Å²) < 4.78 is 13.8. The average Bonchev–Trinajstić information content (AvgIpc) is 2.76. The summed E-state index contributed by atoms with van der Waals surface area (Å²) in [5.41, 5.74) is 3.10. The summed E-state index contributed by atoms with van der Waals surface area (Å²) in [5.74, 6) is -0.817. The lowest BCUT2D eigenvalue weighted by Crippen LogP contribution is -2.62. The maximum absolute atomic E-state index is 13.8. The third kappa shape index (κ3) is 4.08. The number of carbonyl (C=O) groups excluding carboxylic acids is 2. The maximum atomic E-state index is 13.8. The number of carbonyl (C=O) groups is 2. The van der Waals surface area contributed by atoms with Gasteiger partial charge in [0.05, 0.1) is 0 Å². The summed E-state index contributed by atoms with van der Waals surface area (Å²) in [7, 11) is 0. The smallest absolute Gasteiger partial charge is 0.255 e. The van der Waals surface area contributed by atoms with Crippen LogP contribution in [0.25, 0.3) is 0 Å². The number of amides is 2. The van der Waals surface area contributed by atoms with Gasteiger partial charge in [-0.1, -0.05) is 54.6 Å². The maximum Gasteiger partial charge on any atom is 0.255 e. The molecule has 158 valence electrons. The van der Waals surface area contributed by atoms with E-state index in [9.17, 15) is 14.0 Å². The van der Waals surface area contributed by atoms with Gasteiger partial charge < -0.3 is 10.2 Å². The van der Waals surface area contributed by atoms with Crippen LogP contribution in [-0.4, -0.2) is 22.3 Å². The zero-order valence-electron chi connectivity index (χ0n) is 17.7. The van der Waals surface area contributed by atoms with Gasteiger partial charge in [0.1, 0.15) is 11.4 Å². The second-order valence-corrected chi connectivity index (χ2v) is 8.24. The summed E-state index contributed by atoms with van der Waals surface area (Å²) in [6, 6.07) is 21.4. The molecule has 0 aromatic heterocycles. The largest absolute Gasteiger partial charge is 0.350 e. The molecule has 4 nitrogen and oxygen atoms in total. The van der Waals surface area contributed by atoms with Gasteiger partial charge in [-0.3, -0.25) is 9.59 Å². The first-order chi connectivity index (χ1) is 14.9. The van der Waals surface area contributed by atoms with Crippen LogP contribution < -0.4 is 5.32 Å². The molecule has 0 fully saturated rings. The molecule has 0 saturated carbocycles. The minimum atomic E-state index is -1.10. The second kappa shape index (κ2) is 8.34. The number of nitrogens with zero attached hydrogens (tertiary/aromatic N) is 1. The van der Waals surface area contributed by atoms with Gasteiger partial charge in [-0.15, -0.1) is 0 Å². The summed E-state index contributed by atoms with van der Waals surface area (Å²) in [4.78, 5) is 28.4. The fraction of sp³-hybridized carbons (Fsp3) is 0.231. The van der Waals surface area contributed by atoms with Gasteiger partial charge >= 0.3 is 0 Å². The van der Waals surface area contributed by atoms with Crippen molar-refractivity contribution in [3.8, 4) is 0 Å². The molecule has 3 aromatic carbocycles. The van der Waals surface area contributed by atoms with Crippen LogP contribution in [0, 0.1) is 12.7 Å². The molecule has 5 heteroatoms. The Hall–Kier alpha value is -3.47. The monoisotopic (exact) mass is 416 g/mol. The lowest BCUT2D eigenvalue weighted by Gasteiger charge is -2.44. The lowest BCUT2D eigenvalue weighted by atomic mass is 9.82. The summed E-state index contributed by atoms with van der Waals surface area (Å²) in [6.07, 6.45) is 0.393. The molecule has 3 aromatic rings. The van der Waals surface area contributed by atoms with Crippen LogP contribution in [0.2, 0.25) is 0 Å². The van der Waals surface area contributed by atoms with Crippen LogP contribution in [0.3, 0.4) is 0 Å². The van der Waals surface area contributed by atoms with E-state index in [0.717, 1.165) is 16.7 Å². The molecule has 1 heterocycles. The molecule has 1 aliphatic heterocycles. The Balaban J connectivity index is 1.66. The van der Waals surface area contributed by atoms with Crippen LogP contribution in [0.1, 0.15) is 39.5 Å². The molecular formula is C26H25FN2O2. The van der Waals surface area contributed by atoms with Gasteiger partial charge in [0.25, 0.3) is 5.91 Å². The SMILES string of the molecule is Cc1ccccc1CNC(=O)C1(C)Cc2ccccc2C(=O)N1Cc1cccc(F)c1. The zero-order chi connectivity index (χ0) is 22.0. The van der Waals surface area contributed by atoms with E-state index in [0.29, 0.717) is 24.1 Å². The van der Waals surface area contributed by atoms with Gasteiger partial charge in [-0.05, 0) is 54.3 Å². The Kier molecular flexibility index (Phi) is 5.59. The highest BCUT2D eigenvalue weighted by Crippen LogP contribution is 2.33. The predicted octanol–water partition coefficient (Wildman–Crippen LogP) is 4.41. The highest BCUT2D eigenvalue weighted by atomic mass is 19.1. The molecule has 2 amide bonds. The van der Waals surface area contributed by atoms with Crippen molar-refractivity contribution < 1.29 is 14.0 Å². The molecule has 1 N–H and O–H groups in total. The molecule has 0 aliphatic carbocycles. The summed E-state index contributed by atoms with van der Waals surface area (Å²) in [6.45, 7) is 4.32. The average molecular weight is 416 g/mol. The number of nitrogens with one attached hydrogen (secondary N) is 1. The Morgan fingerprint density at radius 2 is 1.81 bits per heavy atom. The topological polar surface area (TPSA) is 49.4 Å². The number of aryl methyl sites for hydroxylation is 1. The molecule has 31 heavy (non-hydrogen) atoms. The quantitative estimate of drug-likeness (QED) is 0.670. The van der Waals surface area contributed by atoms with E-state index in [1.165, 1.54) is 12.1 Å². The van der Waals surface area contributed by atoms with Crippen molar-refractivity contribution in [2.75, 3.05) is 0 Å². The van der Waals surface area contributed by atoms with E-state index in [1.54, 1.807) is 30.0 Å². The molecule has 0 saturated heterocycles. The number of benzene rings is 3. The van der Waals surface area contributed by atoms with Crippen LogP contribution in [0.4, 0.5) is 4.39 Å². The lowest BCUT2D eigenvalue weighted by molar-refractivity contribution is -0.132. The minimum Gasteiger partial charge on any atom is -0.350 e. The number of rotatable bonds is 5. The molecule has 1 unspecified atom stereocenters. The van der Waals surface area contributed by atoms with Crippen molar-refractivity contribution in [2.24, 2.45) is 0 Å². The number of hydrogen-bond donors (Lipinski definition) is 1. The normalized spacial score (nSPS) is 17.9. The summed E-state index contributed by atoms with van der Waals surface area (Å²) in [5, 5.41) is 3.02. The van der Waals surface area contributed by atoms with Gasteiger partial charge in [0, 0.05) is 25.1 Å². The van der Waals surface area contributed by atoms with Gasteiger partial charge in [-0.25, -0.2) is 4.39 Å². The Labute approximate surface area is 181 Å². The van der Waals surface area contributed by atoms with E-state index in [2.05, 4.69) is 5.32 Å². The van der Waals surface area contributed by atoms with Crippen molar-refractivity contribution in [1.29, 1.82) is 0 Å². The standard InChI is InChI=1S/C26H25FN2O2/c1-18-8-3-4-11-21(18)16-28-25(31)26(2)15-20-10-5-6-13-23(20)24(30)29(26)17-19-9-7-12-22(27)14-19/h3-14H,15-17H2,1-2H3,(H,28,31). The second-order valence-electron chi connectivity index (χ2n) is 8.24. The van der Waals surface area contributed by atoms with E-state index < -0.39 is 5.54 Å². The van der Waals surface area contributed by atoms with Crippen molar-refractivity contribution >= 4 is 11.8 Å². The highest BCUT2D eigenvalue weighted by molar-refractivity contribution is 6.02. The predicted molar refractivity (Wildman–Crippen MR) is 118 cm³/mol. The van der Waals surface area contributed by atoms with Gasteiger partial charge in [-0.2, -0.15) is 0 Å². The number of hydrogen-bond acceptors (Lipinski definition) is 2. The third-order valence-corrected chi connectivity index (χ3v) is 6.04. The Bertz CT molecular complexity index is 1140. The Morgan fingerprint density at radius 1 is 1.06 bits per heavy atom. The molecule has 1 atom stereocenters. The van der Waals surface area contributed by atoms with Gasteiger partial charge in [0.15, 0.2) is 0 Å². The minimum absolute atomic E-state index is 0.152. The zero-order valence-corrected chi connectivity index (χ0v) is 17.7. The Morgan fingerprint density at radius 3 is 2.58 bits per heavy atom. The molecule has 1 aliphatic rings. The molecule has 0 radical (unpaired) electrons. The van der Waals surface area contributed by atoms with E-state index in [1.807, 2.05) is 49.4 Å². The van der Waals surface area contributed by atoms with Crippen LogP contribution in [0.15, 0.2) is 72.8 Å². The first-order valence-corrected chi connectivity index (χ1v) is 10.4. The fourth-order valence-electron chi connectivity index (χ4n) is 4.16. The molecule has 0 bridgehead atoms. The van der Waals surface area contributed by atoms with Crippen LogP contribution in [-0.2, 0) is 24.3 Å².